The van der Waals surface area contributed by atoms with E-state index in [0.29, 0.717) is 0 Å². The van der Waals surface area contributed by atoms with Crippen molar-refractivity contribution in [3.63, 3.8) is 0 Å². The Morgan fingerprint density at radius 2 is 2.29 bits per heavy atom. The van der Waals surface area contributed by atoms with Crippen molar-refractivity contribution in [3.8, 4) is 0 Å². The van der Waals surface area contributed by atoms with Crippen LogP contribution in [0.5, 0.6) is 0 Å². The average Bonchev–Trinajstić information content (AvgIpc) is 2.51. The van der Waals surface area contributed by atoms with Gasteiger partial charge >= 0.3 is 0 Å². The molecule has 14 heavy (non-hydrogen) atoms. The first-order chi connectivity index (χ1) is 6.53. The normalized spacial score (nSPS) is 12.0. The lowest BCUT2D eigenvalue weighted by Crippen LogP contribution is -2.36. The summed E-state index contributed by atoms with van der Waals surface area (Å²) in [6, 6.07) is 2.01. The smallest absolute Gasteiger partial charge is 0.0762 e. The monoisotopic (exact) mass is 197 g/mol. The van der Waals surface area contributed by atoms with Gasteiger partial charge in [-0.2, -0.15) is 5.10 Å². The molecule has 0 aliphatic carbocycles. The van der Waals surface area contributed by atoms with Gasteiger partial charge in [0.05, 0.1) is 11.3 Å². The predicted octanol–water partition coefficient (Wildman–Crippen LogP) is 0.935. The van der Waals surface area contributed by atoms with E-state index < -0.39 is 0 Å². The Bertz CT molecular complexity index is 281. The molecule has 80 valence electrons. The van der Waals surface area contributed by atoms with Crippen LogP contribution in [0, 0.1) is 0 Å². The van der Waals surface area contributed by atoms with E-state index in [2.05, 4.69) is 24.3 Å². The lowest BCUT2D eigenvalue weighted by Gasteiger charge is -2.22. The highest BCUT2D eigenvalue weighted by atomic mass is 16.5. The van der Waals surface area contributed by atoms with Gasteiger partial charge in [0.2, 0.25) is 0 Å². The third kappa shape index (κ3) is 3.47. The van der Waals surface area contributed by atoms with Gasteiger partial charge in [0, 0.05) is 33.4 Å². The van der Waals surface area contributed by atoms with Crippen LogP contribution in [0.2, 0.25) is 0 Å². The molecule has 4 heteroatoms. The number of nitrogens with one attached hydrogen (secondary N) is 1. The highest BCUT2D eigenvalue weighted by molar-refractivity contribution is 4.98. The second kappa shape index (κ2) is 4.57. The van der Waals surface area contributed by atoms with Crippen LogP contribution in [0.1, 0.15) is 19.5 Å². The number of ether oxygens (including phenoxy) is 1. The molecular formula is C10H19N3O. The van der Waals surface area contributed by atoms with E-state index in [1.807, 2.05) is 19.3 Å². The molecule has 1 heterocycles. The second-order valence-corrected chi connectivity index (χ2v) is 4.05. The van der Waals surface area contributed by atoms with Gasteiger partial charge in [-0.3, -0.25) is 4.68 Å². The standard InChI is InChI=1S/C10H19N3O/c1-10(2,14-4)8-11-7-9-5-6-13(3)12-9/h5-6,11H,7-8H2,1-4H3. The maximum atomic E-state index is 5.29. The molecular weight excluding hydrogens is 178 g/mol. The molecule has 0 fully saturated rings. The average molecular weight is 197 g/mol. The summed E-state index contributed by atoms with van der Waals surface area (Å²) in [6.45, 7) is 5.71. The van der Waals surface area contributed by atoms with Crippen molar-refractivity contribution in [2.75, 3.05) is 13.7 Å². The Labute approximate surface area is 85.3 Å². The number of hydrogen-bond donors (Lipinski definition) is 1. The summed E-state index contributed by atoms with van der Waals surface area (Å²) >= 11 is 0. The third-order valence-electron chi connectivity index (χ3n) is 2.18. The van der Waals surface area contributed by atoms with Gasteiger partial charge in [0.1, 0.15) is 0 Å². The molecule has 0 aromatic carbocycles. The van der Waals surface area contributed by atoms with Crippen molar-refractivity contribution in [1.29, 1.82) is 0 Å². The zero-order valence-corrected chi connectivity index (χ0v) is 9.37. The van der Waals surface area contributed by atoms with Crippen LogP contribution in [0.15, 0.2) is 12.3 Å². The molecule has 0 radical (unpaired) electrons. The Morgan fingerprint density at radius 1 is 1.57 bits per heavy atom. The van der Waals surface area contributed by atoms with Gasteiger partial charge in [-0.15, -0.1) is 0 Å². The minimum absolute atomic E-state index is 0.116. The van der Waals surface area contributed by atoms with Crippen molar-refractivity contribution < 1.29 is 4.74 Å². The number of aryl methyl sites for hydroxylation is 1. The lowest BCUT2D eigenvalue weighted by atomic mass is 10.1. The van der Waals surface area contributed by atoms with Crippen LogP contribution < -0.4 is 5.32 Å². The molecule has 0 aliphatic heterocycles. The molecule has 0 bridgehead atoms. The van der Waals surface area contributed by atoms with Crippen molar-refractivity contribution in [3.05, 3.63) is 18.0 Å². The predicted molar refractivity (Wildman–Crippen MR) is 56.0 cm³/mol. The fourth-order valence-corrected chi connectivity index (χ4v) is 1.12. The van der Waals surface area contributed by atoms with Crippen molar-refractivity contribution in [2.45, 2.75) is 26.0 Å². The number of nitrogens with zero attached hydrogens (tertiary/aromatic N) is 2. The molecule has 1 rings (SSSR count). The van der Waals surface area contributed by atoms with E-state index in [9.17, 15) is 0 Å². The molecule has 0 amide bonds. The maximum absolute atomic E-state index is 5.29. The van der Waals surface area contributed by atoms with E-state index in [0.717, 1.165) is 18.8 Å². The molecule has 0 unspecified atom stereocenters. The third-order valence-corrected chi connectivity index (χ3v) is 2.18. The first-order valence-electron chi connectivity index (χ1n) is 4.78. The number of methoxy groups -OCH3 is 1. The van der Waals surface area contributed by atoms with E-state index in [4.69, 9.17) is 4.74 Å². The first-order valence-corrected chi connectivity index (χ1v) is 4.78. The zero-order valence-electron chi connectivity index (χ0n) is 9.37. The van der Waals surface area contributed by atoms with E-state index in [1.54, 1.807) is 11.8 Å². The van der Waals surface area contributed by atoms with Crippen LogP contribution >= 0.6 is 0 Å². The molecule has 0 aliphatic rings. The molecule has 1 aromatic rings. The Kier molecular flexibility index (Phi) is 3.66. The zero-order chi connectivity index (χ0) is 10.6. The summed E-state index contributed by atoms with van der Waals surface area (Å²) in [7, 11) is 3.64. The first kappa shape index (κ1) is 11.2. The van der Waals surface area contributed by atoms with Gasteiger partial charge in [-0.1, -0.05) is 0 Å². The summed E-state index contributed by atoms with van der Waals surface area (Å²) in [6.07, 6.45) is 1.94. The lowest BCUT2D eigenvalue weighted by molar-refractivity contribution is 0.0230. The van der Waals surface area contributed by atoms with Crippen molar-refractivity contribution in [2.24, 2.45) is 7.05 Å². The van der Waals surface area contributed by atoms with Crippen LogP contribution in [0.4, 0.5) is 0 Å². The number of aromatic nitrogens is 2. The fourth-order valence-electron chi connectivity index (χ4n) is 1.12. The number of rotatable bonds is 5. The van der Waals surface area contributed by atoms with Crippen LogP contribution in [-0.2, 0) is 18.3 Å². The van der Waals surface area contributed by atoms with Crippen molar-refractivity contribution in [1.82, 2.24) is 15.1 Å². The van der Waals surface area contributed by atoms with Gasteiger partial charge in [0.25, 0.3) is 0 Å². The summed E-state index contributed by atoms with van der Waals surface area (Å²) in [5, 5.41) is 7.57. The molecule has 0 saturated heterocycles. The largest absolute Gasteiger partial charge is 0.377 e. The molecule has 1 N–H and O–H groups in total. The Hall–Kier alpha value is -0.870. The Balaban J connectivity index is 2.28. The SMILES string of the molecule is COC(C)(C)CNCc1ccn(C)n1. The van der Waals surface area contributed by atoms with Crippen LogP contribution in [0.25, 0.3) is 0 Å². The highest BCUT2D eigenvalue weighted by Gasteiger charge is 2.15. The molecule has 4 nitrogen and oxygen atoms in total. The van der Waals surface area contributed by atoms with E-state index in [-0.39, 0.29) is 5.60 Å². The second-order valence-electron chi connectivity index (χ2n) is 4.05. The fraction of sp³-hybridized carbons (Fsp3) is 0.700. The summed E-state index contributed by atoms with van der Waals surface area (Å²) < 4.78 is 7.10. The van der Waals surface area contributed by atoms with Gasteiger partial charge in [0.15, 0.2) is 0 Å². The highest BCUT2D eigenvalue weighted by Crippen LogP contribution is 2.05. The Morgan fingerprint density at radius 3 is 2.79 bits per heavy atom. The molecule has 0 saturated carbocycles. The van der Waals surface area contributed by atoms with E-state index >= 15 is 0 Å². The van der Waals surface area contributed by atoms with Crippen LogP contribution in [0.3, 0.4) is 0 Å². The minimum Gasteiger partial charge on any atom is -0.377 e. The van der Waals surface area contributed by atoms with Gasteiger partial charge in [-0.05, 0) is 19.9 Å². The minimum atomic E-state index is -0.116. The number of hydrogen-bond acceptors (Lipinski definition) is 3. The quantitative estimate of drug-likeness (QED) is 0.763. The molecule has 0 spiro atoms. The molecule has 0 atom stereocenters. The van der Waals surface area contributed by atoms with Gasteiger partial charge in [-0.25, -0.2) is 0 Å². The van der Waals surface area contributed by atoms with Crippen LogP contribution in [-0.4, -0.2) is 29.0 Å². The molecule has 1 aromatic heterocycles. The topological polar surface area (TPSA) is 39.1 Å². The summed E-state index contributed by atoms with van der Waals surface area (Å²) in [5.41, 5.74) is 0.939. The maximum Gasteiger partial charge on any atom is 0.0762 e. The summed E-state index contributed by atoms with van der Waals surface area (Å²) in [4.78, 5) is 0. The van der Waals surface area contributed by atoms with Crippen molar-refractivity contribution >= 4 is 0 Å². The van der Waals surface area contributed by atoms with Gasteiger partial charge < -0.3 is 10.1 Å². The van der Waals surface area contributed by atoms with E-state index in [1.165, 1.54) is 0 Å². The summed E-state index contributed by atoms with van der Waals surface area (Å²) in [5.74, 6) is 0.